The molecule has 0 atom stereocenters. The third-order valence-electron chi connectivity index (χ3n) is 8.05. The van der Waals surface area contributed by atoms with Crippen molar-refractivity contribution in [3.63, 3.8) is 0 Å². The van der Waals surface area contributed by atoms with E-state index in [1.54, 1.807) is 0 Å². The van der Waals surface area contributed by atoms with E-state index < -0.39 is 7.59 Å². The molecule has 0 unspecified atom stereocenters. The summed E-state index contributed by atoms with van der Waals surface area (Å²) in [5.41, 5.74) is 12.1. The molecule has 0 heterocycles. The summed E-state index contributed by atoms with van der Waals surface area (Å²) in [7, 11) is 0. The molecule has 0 aliphatic heterocycles. The average Bonchev–Trinajstić information content (AvgIpc) is 3.71. The van der Waals surface area contributed by atoms with Gasteiger partial charge in [0.05, 0.1) is 0 Å². The largest absolute Gasteiger partial charge is 0.273 e. The zero-order chi connectivity index (χ0) is 35.5. The molecule has 0 amide bonds. The van der Waals surface area contributed by atoms with E-state index in [0.29, 0.717) is 11.1 Å². The summed E-state index contributed by atoms with van der Waals surface area (Å²) in [5.74, 6) is 0. The summed E-state index contributed by atoms with van der Waals surface area (Å²) in [6, 6.07) is 30.1. The zero-order valence-electron chi connectivity index (χ0n) is 27.9. The van der Waals surface area contributed by atoms with Gasteiger partial charge in [-0.1, -0.05) is 65.3 Å². The van der Waals surface area contributed by atoms with Crippen LogP contribution < -0.4 is 0 Å². The van der Waals surface area contributed by atoms with E-state index in [4.69, 9.17) is 69.6 Å². The van der Waals surface area contributed by atoms with Gasteiger partial charge in [-0.25, -0.2) is 12.2 Å². The van der Waals surface area contributed by atoms with Gasteiger partial charge >= 0.3 is 175 Å². The molecule has 7 heteroatoms. The van der Waals surface area contributed by atoms with Crippen LogP contribution in [0.3, 0.4) is 0 Å². The van der Waals surface area contributed by atoms with Crippen molar-refractivity contribution in [2.45, 2.75) is 72.8 Å². The number of alkyl halides is 6. The molecule has 48 heavy (non-hydrogen) atoms. The fourth-order valence-corrected chi connectivity index (χ4v) is 6.76. The SMILES string of the molecule is CC(C)(C)c1[c-]c2c(cc1)-c1ccc(C(C)(C)C)cc1C2.ClC(Cl)(Cl)c1ccc([C](=[Zr+2])c2ccc(C(Cl)(Cl)Cl)cc2)cc1.[C-]1=CC=CC1. The molecule has 0 saturated heterocycles. The van der Waals surface area contributed by atoms with Crippen LogP contribution in [0.1, 0.15) is 92.5 Å². The molecule has 0 nitrogen and oxygen atoms in total. The van der Waals surface area contributed by atoms with Gasteiger partial charge in [-0.2, -0.15) is 29.8 Å². The molecule has 0 N–H and O–H groups in total. The average molecular weight is 835 g/mol. The van der Waals surface area contributed by atoms with Crippen LogP contribution in [-0.2, 0) is 49.1 Å². The van der Waals surface area contributed by atoms with Crippen LogP contribution in [0.5, 0.6) is 0 Å². The molecule has 0 aromatic heterocycles. The Kier molecular flexibility index (Phi) is 13.2. The van der Waals surface area contributed by atoms with Gasteiger partial charge in [0, 0.05) is 0 Å². The number of benzene rings is 4. The van der Waals surface area contributed by atoms with Crippen molar-refractivity contribution in [3.05, 3.63) is 154 Å². The molecule has 0 spiro atoms. The standard InChI is InChI=1S/C21H25.C15H8Cl6.C5H5.Zr/c1-20(2,3)16-7-9-18-14(12-16)11-15-13-17(21(4,5)6)8-10-19(15)18;16-14(17,18)12-5-1-10(2-6-12)9-11-3-7-13(8-4-11)15(19,20)21;1-2-4-5-3-1;/h7-10,12H,11H2,1-6H3;1-8H;1-3H,4H2;/q-1;;-1;+2. The normalized spacial score (nSPS) is 13.6. The Morgan fingerprint density at radius 3 is 1.52 bits per heavy atom. The van der Waals surface area contributed by atoms with Crippen molar-refractivity contribution < 1.29 is 24.2 Å². The molecule has 0 saturated carbocycles. The van der Waals surface area contributed by atoms with Crippen molar-refractivity contribution in [3.8, 4) is 11.1 Å². The maximum Gasteiger partial charge on any atom is -0.109 e. The molecule has 6 rings (SSSR count). The second-order valence-corrected chi connectivity index (χ2v) is 19.6. The Balaban J connectivity index is 0.000000189. The van der Waals surface area contributed by atoms with Crippen molar-refractivity contribution in [1.82, 2.24) is 0 Å². The summed E-state index contributed by atoms with van der Waals surface area (Å²) in [5, 5.41) is 0. The Bertz CT molecular complexity index is 1660. The molecule has 4 aromatic carbocycles. The third-order valence-corrected chi connectivity index (χ3v) is 10.8. The fourth-order valence-electron chi connectivity index (χ4n) is 5.19. The van der Waals surface area contributed by atoms with E-state index in [0.717, 1.165) is 24.0 Å². The van der Waals surface area contributed by atoms with E-state index in [9.17, 15) is 0 Å². The van der Waals surface area contributed by atoms with Crippen LogP contribution in [0.25, 0.3) is 11.1 Å². The minimum atomic E-state index is -1.41. The van der Waals surface area contributed by atoms with Crippen LogP contribution in [0.4, 0.5) is 0 Å². The smallest absolute Gasteiger partial charge is 0.109 e. The van der Waals surface area contributed by atoms with E-state index in [2.05, 4.69) is 90.1 Å². The van der Waals surface area contributed by atoms with Crippen LogP contribution in [0.2, 0.25) is 0 Å². The number of hydrogen-bond donors (Lipinski definition) is 0. The van der Waals surface area contributed by atoms with Crippen LogP contribution in [0.15, 0.2) is 97.1 Å². The maximum atomic E-state index is 5.86. The predicted octanol–water partition coefficient (Wildman–Crippen LogP) is 13.4. The van der Waals surface area contributed by atoms with Gasteiger partial charge in [-0.15, -0.1) is 17.5 Å². The van der Waals surface area contributed by atoms with Crippen LogP contribution >= 0.6 is 69.6 Å². The summed E-state index contributed by atoms with van der Waals surface area (Å²) in [6.45, 7) is 13.6. The Labute approximate surface area is 331 Å². The monoisotopic (exact) mass is 830 g/mol. The summed E-state index contributed by atoms with van der Waals surface area (Å²) in [4.78, 5) is 0. The summed E-state index contributed by atoms with van der Waals surface area (Å²) < 4.78 is -1.66. The van der Waals surface area contributed by atoms with E-state index >= 15 is 0 Å². The van der Waals surface area contributed by atoms with Gasteiger partial charge in [-0.05, 0) is 28.4 Å². The third kappa shape index (κ3) is 10.7. The first-order valence-electron chi connectivity index (χ1n) is 15.6. The number of hydrogen-bond acceptors (Lipinski definition) is 0. The summed E-state index contributed by atoms with van der Waals surface area (Å²) in [6.07, 6.45) is 11.0. The molecular formula is C41H38Cl6Zr. The Morgan fingerprint density at radius 2 is 1.12 bits per heavy atom. The second-order valence-electron chi connectivity index (χ2n) is 13.8. The van der Waals surface area contributed by atoms with Crippen molar-refractivity contribution >= 4 is 72.8 Å². The quantitative estimate of drug-likeness (QED) is 0.123. The minimum absolute atomic E-state index is 0.167. The molecule has 0 fully saturated rings. The maximum absolute atomic E-state index is 5.86. The van der Waals surface area contributed by atoms with Gasteiger partial charge in [0.2, 0.25) is 0 Å². The first-order chi connectivity index (χ1) is 22.2. The van der Waals surface area contributed by atoms with Crippen molar-refractivity contribution in [2.75, 3.05) is 0 Å². The van der Waals surface area contributed by atoms with E-state index in [1.807, 2.05) is 60.7 Å². The first kappa shape index (κ1) is 39.6. The van der Waals surface area contributed by atoms with E-state index in [-0.39, 0.29) is 10.8 Å². The van der Waals surface area contributed by atoms with Crippen molar-refractivity contribution in [2.24, 2.45) is 0 Å². The van der Waals surface area contributed by atoms with Crippen LogP contribution in [0, 0.1) is 12.1 Å². The summed E-state index contributed by atoms with van der Waals surface area (Å²) >= 11 is 36.4. The van der Waals surface area contributed by atoms with Crippen molar-refractivity contribution in [1.29, 1.82) is 0 Å². The molecule has 2 aliphatic carbocycles. The molecule has 2 aliphatic rings. The van der Waals surface area contributed by atoms with Gasteiger partial charge in [0.15, 0.2) is 0 Å². The molecule has 248 valence electrons. The predicted molar refractivity (Wildman–Crippen MR) is 207 cm³/mol. The number of halogens is 6. The topological polar surface area (TPSA) is 0 Å². The number of allylic oxidation sites excluding steroid dienone is 4. The molecule has 0 bridgehead atoms. The van der Waals surface area contributed by atoms with Gasteiger partial charge in [0.25, 0.3) is 0 Å². The number of rotatable bonds is 2. The molecular weight excluding hydrogens is 796 g/mol. The molecule has 0 radical (unpaired) electrons. The van der Waals surface area contributed by atoms with Gasteiger partial charge in [0.1, 0.15) is 0 Å². The fraction of sp³-hybridized carbons (Fsp3) is 0.293. The Hall–Kier alpha value is -1.15. The first-order valence-corrected chi connectivity index (χ1v) is 19.1. The number of fused-ring (bicyclic) bond motifs is 3. The molecule has 4 aromatic rings. The van der Waals surface area contributed by atoms with Gasteiger partial charge in [-0.3, -0.25) is 6.08 Å². The van der Waals surface area contributed by atoms with Crippen LogP contribution in [-0.4, -0.2) is 3.21 Å². The zero-order valence-corrected chi connectivity index (χ0v) is 34.9. The Morgan fingerprint density at radius 1 is 0.625 bits per heavy atom. The van der Waals surface area contributed by atoms with Gasteiger partial charge < -0.3 is 0 Å². The minimum Gasteiger partial charge on any atom is -0.273 e. The second kappa shape index (κ2) is 16.0. The van der Waals surface area contributed by atoms with E-state index in [1.165, 1.54) is 60.8 Å².